The zero-order chi connectivity index (χ0) is 25.0. The summed E-state index contributed by atoms with van der Waals surface area (Å²) in [5.41, 5.74) is 5.70. The van der Waals surface area contributed by atoms with Crippen molar-refractivity contribution in [1.82, 2.24) is 15.0 Å². The lowest BCUT2D eigenvalue weighted by molar-refractivity contribution is -0.384. The van der Waals surface area contributed by atoms with Gasteiger partial charge in [-0.2, -0.15) is 20.1 Å². The van der Waals surface area contributed by atoms with E-state index in [1.54, 1.807) is 18.3 Å². The molecule has 0 atom stereocenters. The number of hydrogen-bond donors (Lipinski definition) is 2. The van der Waals surface area contributed by atoms with Gasteiger partial charge in [0.1, 0.15) is 0 Å². The van der Waals surface area contributed by atoms with Crippen molar-refractivity contribution in [3.05, 3.63) is 69.8 Å². The fourth-order valence-electron chi connectivity index (χ4n) is 3.23. The van der Waals surface area contributed by atoms with Crippen LogP contribution in [0.25, 0.3) is 0 Å². The first-order valence-corrected chi connectivity index (χ1v) is 11.9. The second kappa shape index (κ2) is 13.0. The fourth-order valence-corrected chi connectivity index (χ4v) is 3.23. The standard InChI is InChI=1S/C25H32N8O2/c1-4-6-16-32(17-7-5-2)25-29-23(27-21-12-14-22(15-13-21)33(34)35)28-24(30-25)31-26-18-20-10-8-19(3)9-11-20/h8-15,18H,4-7,16-17H2,1-3H3,(H2,27,28,29,30,31)/b26-18+. The molecule has 3 aromatic rings. The maximum absolute atomic E-state index is 11.0. The SMILES string of the molecule is CCCCN(CCCC)c1nc(N/N=C/c2ccc(C)cc2)nc(Nc2ccc([N+](=O)[O-])cc2)n1. The van der Waals surface area contributed by atoms with Gasteiger partial charge >= 0.3 is 0 Å². The first-order valence-electron chi connectivity index (χ1n) is 11.9. The molecule has 0 spiro atoms. The average molecular weight is 477 g/mol. The van der Waals surface area contributed by atoms with Crippen molar-refractivity contribution >= 4 is 35.4 Å². The Kier molecular flexibility index (Phi) is 9.47. The third-order valence-corrected chi connectivity index (χ3v) is 5.26. The minimum atomic E-state index is -0.432. The molecule has 1 aromatic heterocycles. The van der Waals surface area contributed by atoms with Crippen LogP contribution in [0.3, 0.4) is 0 Å². The van der Waals surface area contributed by atoms with Crippen LogP contribution in [0, 0.1) is 17.0 Å². The molecule has 1 heterocycles. The lowest BCUT2D eigenvalue weighted by Crippen LogP contribution is -2.28. The number of aryl methyl sites for hydroxylation is 1. The molecule has 0 saturated heterocycles. The molecule has 0 aliphatic carbocycles. The number of benzene rings is 2. The molecular formula is C25H32N8O2. The molecule has 2 N–H and O–H groups in total. The molecule has 0 amide bonds. The van der Waals surface area contributed by atoms with Gasteiger partial charge in [-0.3, -0.25) is 10.1 Å². The predicted octanol–water partition coefficient (Wildman–Crippen LogP) is 5.68. The first-order chi connectivity index (χ1) is 17.0. The Morgan fingerprint density at radius 2 is 1.57 bits per heavy atom. The van der Waals surface area contributed by atoms with Crippen molar-refractivity contribution in [2.24, 2.45) is 5.10 Å². The Bertz CT molecular complexity index is 1110. The monoisotopic (exact) mass is 476 g/mol. The van der Waals surface area contributed by atoms with E-state index in [2.05, 4.69) is 49.5 Å². The number of nitrogens with zero attached hydrogens (tertiary/aromatic N) is 6. The summed E-state index contributed by atoms with van der Waals surface area (Å²) >= 11 is 0. The van der Waals surface area contributed by atoms with Gasteiger partial charge in [-0.05, 0) is 37.5 Å². The van der Waals surface area contributed by atoms with Crippen LogP contribution < -0.4 is 15.6 Å². The predicted molar refractivity (Wildman–Crippen MR) is 141 cm³/mol. The first kappa shape index (κ1) is 25.5. The fraction of sp³-hybridized carbons (Fsp3) is 0.360. The number of aromatic nitrogens is 3. The minimum absolute atomic E-state index is 0.0185. The van der Waals surface area contributed by atoms with E-state index < -0.39 is 4.92 Å². The van der Waals surface area contributed by atoms with Gasteiger partial charge in [0.05, 0.1) is 11.1 Å². The van der Waals surface area contributed by atoms with E-state index in [-0.39, 0.29) is 5.69 Å². The summed E-state index contributed by atoms with van der Waals surface area (Å²) in [6.45, 7) is 8.01. The number of non-ortho nitro benzene ring substituents is 1. The molecule has 0 aliphatic heterocycles. The van der Waals surface area contributed by atoms with Crippen LogP contribution in [0.1, 0.15) is 50.7 Å². The molecule has 0 fully saturated rings. The molecule has 0 radical (unpaired) electrons. The van der Waals surface area contributed by atoms with Crippen LogP contribution >= 0.6 is 0 Å². The second-order valence-electron chi connectivity index (χ2n) is 8.19. The average Bonchev–Trinajstić information content (AvgIpc) is 2.85. The minimum Gasteiger partial charge on any atom is -0.341 e. The Labute approximate surface area is 205 Å². The molecule has 2 aromatic carbocycles. The van der Waals surface area contributed by atoms with Crippen LogP contribution in [0.15, 0.2) is 53.6 Å². The summed E-state index contributed by atoms with van der Waals surface area (Å²) in [5, 5.41) is 18.4. The molecule has 0 bridgehead atoms. The molecule has 0 saturated carbocycles. The zero-order valence-electron chi connectivity index (χ0n) is 20.4. The highest BCUT2D eigenvalue weighted by Crippen LogP contribution is 2.21. The molecule has 35 heavy (non-hydrogen) atoms. The van der Waals surface area contributed by atoms with Crippen molar-refractivity contribution in [3.63, 3.8) is 0 Å². The highest BCUT2D eigenvalue weighted by molar-refractivity contribution is 5.80. The summed E-state index contributed by atoms with van der Waals surface area (Å²) in [6.07, 6.45) is 5.88. The lowest BCUT2D eigenvalue weighted by atomic mass is 10.2. The Balaban J connectivity index is 1.87. The number of anilines is 4. The number of hydrogen-bond acceptors (Lipinski definition) is 9. The van der Waals surface area contributed by atoms with Gasteiger partial charge in [0, 0.05) is 30.9 Å². The van der Waals surface area contributed by atoms with Crippen LogP contribution in [0.5, 0.6) is 0 Å². The molecule has 0 unspecified atom stereocenters. The van der Waals surface area contributed by atoms with E-state index in [0.29, 0.717) is 23.5 Å². The Morgan fingerprint density at radius 1 is 0.943 bits per heavy atom. The smallest absolute Gasteiger partial charge is 0.269 e. The number of nitrogens with one attached hydrogen (secondary N) is 2. The molecular weight excluding hydrogens is 444 g/mol. The number of hydrazone groups is 1. The van der Waals surface area contributed by atoms with E-state index in [0.717, 1.165) is 44.3 Å². The van der Waals surface area contributed by atoms with Crippen LogP contribution in [0.4, 0.5) is 29.2 Å². The van der Waals surface area contributed by atoms with E-state index in [1.807, 2.05) is 31.2 Å². The maximum Gasteiger partial charge on any atom is 0.269 e. The Hall–Kier alpha value is -4.08. The van der Waals surface area contributed by atoms with E-state index in [1.165, 1.54) is 17.7 Å². The maximum atomic E-state index is 11.0. The number of nitro groups is 1. The van der Waals surface area contributed by atoms with Crippen LogP contribution in [-0.4, -0.2) is 39.2 Å². The molecule has 3 rings (SSSR count). The summed E-state index contributed by atoms with van der Waals surface area (Å²) < 4.78 is 0. The molecule has 10 nitrogen and oxygen atoms in total. The van der Waals surface area contributed by atoms with Crippen molar-refractivity contribution in [3.8, 4) is 0 Å². The summed E-state index contributed by atoms with van der Waals surface area (Å²) in [6, 6.07) is 14.1. The summed E-state index contributed by atoms with van der Waals surface area (Å²) in [5.74, 6) is 1.19. The summed E-state index contributed by atoms with van der Waals surface area (Å²) in [4.78, 5) is 26.4. The van der Waals surface area contributed by atoms with Gasteiger partial charge in [0.2, 0.25) is 17.8 Å². The van der Waals surface area contributed by atoms with Crippen molar-refractivity contribution in [2.45, 2.75) is 46.5 Å². The van der Waals surface area contributed by atoms with Gasteiger partial charge in [-0.25, -0.2) is 5.43 Å². The summed E-state index contributed by atoms with van der Waals surface area (Å²) in [7, 11) is 0. The lowest BCUT2D eigenvalue weighted by Gasteiger charge is -2.23. The third kappa shape index (κ3) is 8.02. The highest BCUT2D eigenvalue weighted by atomic mass is 16.6. The molecule has 184 valence electrons. The quantitative estimate of drug-likeness (QED) is 0.183. The largest absolute Gasteiger partial charge is 0.341 e. The van der Waals surface area contributed by atoms with Gasteiger partial charge < -0.3 is 10.2 Å². The molecule has 10 heteroatoms. The Morgan fingerprint density at radius 3 is 2.17 bits per heavy atom. The second-order valence-corrected chi connectivity index (χ2v) is 8.19. The van der Waals surface area contributed by atoms with Gasteiger partial charge in [-0.1, -0.05) is 56.5 Å². The normalized spacial score (nSPS) is 10.9. The highest BCUT2D eigenvalue weighted by Gasteiger charge is 2.14. The van der Waals surface area contributed by atoms with Crippen LogP contribution in [0.2, 0.25) is 0 Å². The topological polar surface area (TPSA) is 121 Å². The zero-order valence-corrected chi connectivity index (χ0v) is 20.4. The van der Waals surface area contributed by atoms with Gasteiger partial charge in [-0.15, -0.1) is 0 Å². The van der Waals surface area contributed by atoms with E-state index >= 15 is 0 Å². The van der Waals surface area contributed by atoms with Crippen molar-refractivity contribution in [2.75, 3.05) is 28.7 Å². The van der Waals surface area contributed by atoms with Crippen molar-refractivity contribution in [1.29, 1.82) is 0 Å². The van der Waals surface area contributed by atoms with E-state index in [4.69, 9.17) is 0 Å². The van der Waals surface area contributed by atoms with Crippen LogP contribution in [-0.2, 0) is 0 Å². The number of unbranched alkanes of at least 4 members (excludes halogenated alkanes) is 2. The number of nitro benzene ring substituents is 1. The molecule has 0 aliphatic rings. The van der Waals surface area contributed by atoms with E-state index in [9.17, 15) is 10.1 Å². The van der Waals surface area contributed by atoms with Crippen molar-refractivity contribution < 1.29 is 4.92 Å². The van der Waals surface area contributed by atoms with Gasteiger partial charge in [0.25, 0.3) is 5.69 Å². The number of rotatable bonds is 13. The third-order valence-electron chi connectivity index (χ3n) is 5.26. The van der Waals surface area contributed by atoms with Gasteiger partial charge in [0.15, 0.2) is 0 Å².